The van der Waals surface area contributed by atoms with Crippen LogP contribution in [-0.4, -0.2) is 19.6 Å². The van der Waals surface area contributed by atoms with E-state index < -0.39 is 8.07 Å². The van der Waals surface area contributed by atoms with Gasteiger partial charge in [-0.15, -0.1) is 0 Å². The molecule has 0 aromatic heterocycles. The van der Waals surface area contributed by atoms with E-state index in [4.69, 9.17) is 4.74 Å². The highest BCUT2D eigenvalue weighted by Crippen LogP contribution is 2.37. The van der Waals surface area contributed by atoms with Crippen molar-refractivity contribution in [3.63, 3.8) is 0 Å². The molecule has 0 aromatic rings. The van der Waals surface area contributed by atoms with Crippen molar-refractivity contribution in [2.45, 2.75) is 64.4 Å². The highest BCUT2D eigenvalue weighted by Gasteiger charge is 2.34. The van der Waals surface area contributed by atoms with Gasteiger partial charge in [-0.05, 0) is 26.7 Å². The molecule has 1 fully saturated rings. The molecule has 2 nitrogen and oxygen atoms in total. The molecule has 1 saturated heterocycles. The lowest BCUT2D eigenvalue weighted by atomic mass is 10.1. The average Bonchev–Trinajstić information content (AvgIpc) is 2.25. The maximum absolute atomic E-state index is 11.6. The molecule has 0 spiro atoms. The number of carbonyl (C=O) groups is 1. The van der Waals surface area contributed by atoms with Crippen molar-refractivity contribution in [1.82, 2.24) is 0 Å². The minimum Gasteiger partial charge on any atom is -0.460 e. The molecule has 1 unspecified atom stereocenters. The Morgan fingerprint density at radius 2 is 2.00 bits per heavy atom. The SMILES string of the molecule is CC(C)(C)OC(=O)CC1CC[Si](C)(C)C1. The van der Waals surface area contributed by atoms with Gasteiger partial charge in [-0.1, -0.05) is 31.6 Å². The average molecular weight is 228 g/mol. The smallest absolute Gasteiger partial charge is 0.306 e. The number of rotatable bonds is 2. The molecule has 0 aliphatic carbocycles. The van der Waals surface area contributed by atoms with Gasteiger partial charge in [0.1, 0.15) is 5.60 Å². The Labute approximate surface area is 94.4 Å². The lowest BCUT2D eigenvalue weighted by Crippen LogP contribution is -2.25. The minimum absolute atomic E-state index is 0.0146. The molecule has 0 aromatic carbocycles. The first-order chi connectivity index (χ1) is 6.68. The molecule has 15 heavy (non-hydrogen) atoms. The molecular formula is C12H24O2Si. The summed E-state index contributed by atoms with van der Waals surface area (Å²) >= 11 is 0. The van der Waals surface area contributed by atoms with Gasteiger partial charge in [-0.2, -0.15) is 0 Å². The van der Waals surface area contributed by atoms with Crippen LogP contribution in [0.1, 0.15) is 33.6 Å². The Bertz CT molecular complexity index is 240. The lowest BCUT2D eigenvalue weighted by molar-refractivity contribution is -0.155. The van der Waals surface area contributed by atoms with Crippen LogP contribution in [0.3, 0.4) is 0 Å². The summed E-state index contributed by atoms with van der Waals surface area (Å²) < 4.78 is 5.34. The van der Waals surface area contributed by atoms with Crippen LogP contribution in [0.25, 0.3) is 0 Å². The fourth-order valence-corrected chi connectivity index (χ4v) is 5.68. The van der Waals surface area contributed by atoms with Gasteiger partial charge in [0, 0.05) is 14.5 Å². The molecule has 0 bridgehead atoms. The summed E-state index contributed by atoms with van der Waals surface area (Å²) in [6, 6.07) is 2.67. The molecule has 0 amide bonds. The third-order valence-electron chi connectivity index (χ3n) is 2.95. The Morgan fingerprint density at radius 1 is 1.40 bits per heavy atom. The fraction of sp³-hybridized carbons (Fsp3) is 0.917. The van der Waals surface area contributed by atoms with Crippen molar-refractivity contribution in [2.24, 2.45) is 5.92 Å². The van der Waals surface area contributed by atoms with Gasteiger partial charge in [0.25, 0.3) is 0 Å². The zero-order valence-corrected chi connectivity index (χ0v) is 11.7. The van der Waals surface area contributed by atoms with E-state index in [2.05, 4.69) is 13.1 Å². The maximum atomic E-state index is 11.6. The number of esters is 1. The standard InChI is InChI=1S/C12H24O2Si/c1-12(2,3)14-11(13)8-10-6-7-15(4,5)9-10/h10H,6-9H2,1-5H3. The van der Waals surface area contributed by atoms with Crippen molar-refractivity contribution in [3.05, 3.63) is 0 Å². The van der Waals surface area contributed by atoms with Crippen LogP contribution in [-0.2, 0) is 9.53 Å². The van der Waals surface area contributed by atoms with Gasteiger partial charge in [-0.25, -0.2) is 0 Å². The molecule has 1 heterocycles. The Morgan fingerprint density at radius 3 is 2.40 bits per heavy atom. The van der Waals surface area contributed by atoms with Gasteiger partial charge >= 0.3 is 5.97 Å². The van der Waals surface area contributed by atoms with Crippen LogP contribution in [0.5, 0.6) is 0 Å². The number of hydrogen-bond acceptors (Lipinski definition) is 2. The molecule has 88 valence electrons. The largest absolute Gasteiger partial charge is 0.460 e. The van der Waals surface area contributed by atoms with E-state index in [1.165, 1.54) is 18.5 Å². The van der Waals surface area contributed by atoms with Crippen molar-refractivity contribution >= 4 is 14.0 Å². The minimum atomic E-state index is -0.936. The predicted octanol–water partition coefficient (Wildman–Crippen LogP) is 3.45. The van der Waals surface area contributed by atoms with Crippen molar-refractivity contribution < 1.29 is 9.53 Å². The first kappa shape index (κ1) is 12.8. The fourth-order valence-electron chi connectivity index (χ4n) is 2.37. The maximum Gasteiger partial charge on any atom is 0.306 e. The van der Waals surface area contributed by atoms with E-state index >= 15 is 0 Å². The molecule has 0 radical (unpaired) electrons. The summed E-state index contributed by atoms with van der Waals surface area (Å²) in [7, 11) is -0.936. The van der Waals surface area contributed by atoms with E-state index in [0.29, 0.717) is 12.3 Å². The molecule has 1 aliphatic heterocycles. The first-order valence-electron chi connectivity index (χ1n) is 5.90. The van der Waals surface area contributed by atoms with Crippen LogP contribution in [0.15, 0.2) is 0 Å². The van der Waals surface area contributed by atoms with Gasteiger partial charge < -0.3 is 4.74 Å². The summed E-state index contributed by atoms with van der Waals surface area (Å²) in [6.07, 6.45) is 1.87. The Balaban J connectivity index is 2.34. The normalized spacial score (nSPS) is 25.3. The summed E-state index contributed by atoms with van der Waals surface area (Å²) in [5.41, 5.74) is -0.331. The van der Waals surface area contributed by atoms with E-state index in [9.17, 15) is 4.79 Å². The number of ether oxygens (including phenoxy) is 1. The molecule has 0 N–H and O–H groups in total. The lowest BCUT2D eigenvalue weighted by Gasteiger charge is -2.21. The second-order valence-electron chi connectivity index (χ2n) is 6.56. The van der Waals surface area contributed by atoms with Crippen LogP contribution < -0.4 is 0 Å². The van der Waals surface area contributed by atoms with Gasteiger partial charge in [0.15, 0.2) is 0 Å². The zero-order valence-electron chi connectivity index (χ0n) is 10.7. The number of carbonyl (C=O) groups excluding carboxylic acids is 1. The second-order valence-corrected chi connectivity index (χ2v) is 11.8. The summed E-state index contributed by atoms with van der Waals surface area (Å²) in [5.74, 6) is 0.584. The molecule has 3 heteroatoms. The predicted molar refractivity (Wildman–Crippen MR) is 65.7 cm³/mol. The van der Waals surface area contributed by atoms with Gasteiger partial charge in [-0.3, -0.25) is 4.79 Å². The summed E-state index contributed by atoms with van der Waals surface area (Å²) in [6.45, 7) is 10.6. The Hall–Kier alpha value is -0.313. The van der Waals surface area contributed by atoms with Crippen LogP contribution in [0.2, 0.25) is 25.2 Å². The van der Waals surface area contributed by atoms with Crippen LogP contribution in [0.4, 0.5) is 0 Å². The quantitative estimate of drug-likeness (QED) is 0.534. The van der Waals surface area contributed by atoms with Crippen molar-refractivity contribution in [1.29, 1.82) is 0 Å². The Kier molecular flexibility index (Phi) is 3.64. The summed E-state index contributed by atoms with van der Waals surface area (Å²) in [5, 5.41) is 0. The topological polar surface area (TPSA) is 26.3 Å². The van der Waals surface area contributed by atoms with Crippen molar-refractivity contribution in [2.75, 3.05) is 0 Å². The van der Waals surface area contributed by atoms with Crippen molar-refractivity contribution in [3.8, 4) is 0 Å². The van der Waals surface area contributed by atoms with Crippen LogP contribution in [0, 0.1) is 5.92 Å². The summed E-state index contributed by atoms with van der Waals surface area (Å²) in [4.78, 5) is 11.6. The first-order valence-corrected chi connectivity index (χ1v) is 9.31. The molecule has 1 rings (SSSR count). The monoisotopic (exact) mass is 228 g/mol. The highest BCUT2D eigenvalue weighted by molar-refractivity contribution is 6.78. The highest BCUT2D eigenvalue weighted by atomic mass is 28.3. The second kappa shape index (κ2) is 4.28. The van der Waals surface area contributed by atoms with Gasteiger partial charge in [0.05, 0.1) is 0 Å². The number of hydrogen-bond donors (Lipinski definition) is 0. The zero-order chi connectivity index (χ0) is 11.7. The molecule has 1 atom stereocenters. The van der Waals surface area contributed by atoms with Crippen LogP contribution >= 0.6 is 0 Å². The van der Waals surface area contributed by atoms with E-state index in [0.717, 1.165) is 0 Å². The molecule has 0 saturated carbocycles. The third kappa shape index (κ3) is 4.82. The molecule has 1 aliphatic rings. The molecular weight excluding hydrogens is 204 g/mol. The van der Waals surface area contributed by atoms with E-state index in [-0.39, 0.29) is 11.6 Å². The third-order valence-corrected chi connectivity index (χ3v) is 6.27. The van der Waals surface area contributed by atoms with E-state index in [1.54, 1.807) is 0 Å². The van der Waals surface area contributed by atoms with Gasteiger partial charge in [0.2, 0.25) is 0 Å². The van der Waals surface area contributed by atoms with E-state index in [1.807, 2.05) is 20.8 Å².